The van der Waals surface area contributed by atoms with E-state index in [1.807, 2.05) is 33.0 Å². The minimum Gasteiger partial charge on any atom is -0.494 e. The fraction of sp³-hybridized carbons (Fsp3) is 0.667. The summed E-state index contributed by atoms with van der Waals surface area (Å²) in [5.41, 5.74) is 1.000. The molecule has 1 atom stereocenters. The molecule has 0 spiro atoms. The van der Waals surface area contributed by atoms with E-state index >= 15 is 0 Å². The normalized spacial score (nSPS) is 19.2. The van der Waals surface area contributed by atoms with E-state index in [4.69, 9.17) is 14.2 Å². The van der Waals surface area contributed by atoms with Gasteiger partial charge in [-0.15, -0.1) is 0 Å². The molecule has 22 heavy (non-hydrogen) atoms. The molecule has 1 unspecified atom stereocenters. The molecule has 0 amide bonds. The van der Waals surface area contributed by atoms with Crippen molar-refractivity contribution >= 4 is 0 Å². The lowest BCUT2D eigenvalue weighted by atomic mass is 9.83. The van der Waals surface area contributed by atoms with Gasteiger partial charge in [-0.2, -0.15) is 0 Å². The average Bonchev–Trinajstić information content (AvgIpc) is 2.54. The van der Waals surface area contributed by atoms with Crippen molar-refractivity contribution in [2.75, 3.05) is 20.3 Å². The van der Waals surface area contributed by atoms with Crippen molar-refractivity contribution in [2.45, 2.75) is 58.6 Å². The molecule has 0 saturated heterocycles. The van der Waals surface area contributed by atoms with Crippen molar-refractivity contribution in [1.29, 1.82) is 0 Å². The largest absolute Gasteiger partial charge is 0.494 e. The second kappa shape index (κ2) is 7.23. The molecule has 4 nitrogen and oxygen atoms in total. The predicted octanol–water partition coefficient (Wildman–Crippen LogP) is 4.09. The summed E-state index contributed by atoms with van der Waals surface area (Å²) in [7, 11) is 2.00. The molecule has 0 saturated carbocycles. The van der Waals surface area contributed by atoms with Crippen molar-refractivity contribution in [2.24, 2.45) is 0 Å². The molecule has 1 heterocycles. The monoisotopic (exact) mass is 307 g/mol. The summed E-state index contributed by atoms with van der Waals surface area (Å²) in [5, 5.41) is 3.43. The lowest BCUT2D eigenvalue weighted by Crippen LogP contribution is -2.42. The molecule has 0 bridgehead atoms. The van der Waals surface area contributed by atoms with Crippen molar-refractivity contribution in [3.63, 3.8) is 0 Å². The minimum atomic E-state index is -0.116. The van der Waals surface area contributed by atoms with Gasteiger partial charge in [-0.25, -0.2) is 0 Å². The number of fused-ring (bicyclic) bond motifs is 1. The summed E-state index contributed by atoms with van der Waals surface area (Å²) in [5.74, 6) is 2.56. The summed E-state index contributed by atoms with van der Waals surface area (Å²) < 4.78 is 18.0. The number of hydrogen-bond acceptors (Lipinski definition) is 4. The molecule has 4 heteroatoms. The van der Waals surface area contributed by atoms with E-state index in [0.717, 1.165) is 42.1 Å². The van der Waals surface area contributed by atoms with E-state index in [-0.39, 0.29) is 11.6 Å². The summed E-state index contributed by atoms with van der Waals surface area (Å²) in [6.45, 7) is 9.63. The first-order chi connectivity index (χ1) is 10.6. The van der Waals surface area contributed by atoms with Gasteiger partial charge in [-0.05, 0) is 33.7 Å². The van der Waals surface area contributed by atoms with E-state index in [9.17, 15) is 0 Å². The van der Waals surface area contributed by atoms with Crippen LogP contribution in [0.1, 0.15) is 58.6 Å². The number of hydrogen-bond donors (Lipinski definition) is 1. The highest BCUT2D eigenvalue weighted by Gasteiger charge is 2.39. The molecule has 1 aliphatic heterocycles. The molecule has 0 radical (unpaired) electrons. The Bertz CT molecular complexity index is 497. The SMILES string of the molecule is CCOc1cc(OCC)c2c(c1)OC(CC)(CC)CC2NC. The van der Waals surface area contributed by atoms with E-state index in [2.05, 4.69) is 19.2 Å². The number of benzene rings is 1. The van der Waals surface area contributed by atoms with Gasteiger partial charge in [-0.1, -0.05) is 13.8 Å². The Labute approximate surface area is 134 Å². The van der Waals surface area contributed by atoms with Crippen LogP contribution < -0.4 is 19.5 Å². The van der Waals surface area contributed by atoms with Crippen LogP contribution in [0.15, 0.2) is 12.1 Å². The van der Waals surface area contributed by atoms with Gasteiger partial charge in [0, 0.05) is 24.6 Å². The van der Waals surface area contributed by atoms with Crippen LogP contribution in [-0.2, 0) is 0 Å². The van der Waals surface area contributed by atoms with Crippen LogP contribution in [0.25, 0.3) is 0 Å². The molecule has 1 aromatic rings. The highest BCUT2D eigenvalue weighted by Crippen LogP contribution is 2.48. The number of nitrogens with one attached hydrogen (secondary N) is 1. The molecular formula is C18H29NO3. The van der Waals surface area contributed by atoms with Crippen LogP contribution in [-0.4, -0.2) is 25.9 Å². The Morgan fingerprint density at radius 2 is 1.82 bits per heavy atom. The predicted molar refractivity (Wildman–Crippen MR) is 89.1 cm³/mol. The molecule has 1 N–H and O–H groups in total. The highest BCUT2D eigenvalue weighted by atomic mass is 16.5. The van der Waals surface area contributed by atoms with Crippen molar-refractivity contribution in [1.82, 2.24) is 5.32 Å². The Morgan fingerprint density at radius 1 is 1.14 bits per heavy atom. The zero-order valence-corrected chi connectivity index (χ0v) is 14.5. The lowest BCUT2D eigenvalue weighted by Gasteiger charge is -2.42. The van der Waals surface area contributed by atoms with Gasteiger partial charge in [0.1, 0.15) is 22.8 Å². The third-order valence-corrected chi connectivity index (χ3v) is 4.58. The van der Waals surface area contributed by atoms with Gasteiger partial charge in [0.2, 0.25) is 0 Å². The van der Waals surface area contributed by atoms with E-state index in [1.165, 1.54) is 0 Å². The molecule has 2 rings (SSSR count). The lowest BCUT2D eigenvalue weighted by molar-refractivity contribution is 0.0225. The first-order valence-electron chi connectivity index (χ1n) is 8.42. The Kier molecular flexibility index (Phi) is 5.57. The van der Waals surface area contributed by atoms with Crippen LogP contribution in [0.5, 0.6) is 17.2 Å². The molecule has 0 fully saturated rings. The second-order valence-corrected chi connectivity index (χ2v) is 5.74. The fourth-order valence-electron chi connectivity index (χ4n) is 3.21. The zero-order valence-electron chi connectivity index (χ0n) is 14.5. The maximum absolute atomic E-state index is 6.42. The van der Waals surface area contributed by atoms with Gasteiger partial charge in [-0.3, -0.25) is 0 Å². The van der Waals surface area contributed by atoms with Crippen LogP contribution in [0.3, 0.4) is 0 Å². The molecule has 124 valence electrons. The maximum atomic E-state index is 6.42. The summed E-state index contributed by atoms with van der Waals surface area (Å²) in [6, 6.07) is 4.22. The molecular weight excluding hydrogens is 278 g/mol. The van der Waals surface area contributed by atoms with Gasteiger partial charge < -0.3 is 19.5 Å². The Hall–Kier alpha value is -1.42. The number of rotatable bonds is 7. The van der Waals surface area contributed by atoms with Crippen molar-refractivity contribution < 1.29 is 14.2 Å². The van der Waals surface area contributed by atoms with Gasteiger partial charge in [0.15, 0.2) is 0 Å². The molecule has 1 aromatic carbocycles. The quantitative estimate of drug-likeness (QED) is 0.823. The van der Waals surface area contributed by atoms with E-state index < -0.39 is 0 Å². The molecule has 0 aliphatic carbocycles. The Balaban J connectivity index is 2.52. The van der Waals surface area contributed by atoms with E-state index in [0.29, 0.717) is 13.2 Å². The smallest absolute Gasteiger partial charge is 0.132 e. The first-order valence-corrected chi connectivity index (χ1v) is 8.42. The van der Waals surface area contributed by atoms with Crippen molar-refractivity contribution in [3.8, 4) is 17.2 Å². The van der Waals surface area contributed by atoms with Crippen LogP contribution in [0.4, 0.5) is 0 Å². The third-order valence-electron chi connectivity index (χ3n) is 4.58. The number of ether oxygens (including phenoxy) is 3. The second-order valence-electron chi connectivity index (χ2n) is 5.74. The minimum absolute atomic E-state index is 0.116. The third kappa shape index (κ3) is 3.17. The van der Waals surface area contributed by atoms with Crippen LogP contribution in [0, 0.1) is 0 Å². The van der Waals surface area contributed by atoms with Crippen molar-refractivity contribution in [3.05, 3.63) is 17.7 Å². The van der Waals surface area contributed by atoms with Gasteiger partial charge >= 0.3 is 0 Å². The fourth-order valence-corrected chi connectivity index (χ4v) is 3.21. The van der Waals surface area contributed by atoms with Gasteiger partial charge in [0.05, 0.1) is 18.8 Å². The highest BCUT2D eigenvalue weighted by molar-refractivity contribution is 5.54. The van der Waals surface area contributed by atoms with Gasteiger partial charge in [0.25, 0.3) is 0 Å². The maximum Gasteiger partial charge on any atom is 0.132 e. The molecule has 0 aromatic heterocycles. The first kappa shape index (κ1) is 16.9. The Morgan fingerprint density at radius 3 is 2.36 bits per heavy atom. The zero-order chi connectivity index (χ0) is 16.2. The topological polar surface area (TPSA) is 39.7 Å². The summed E-state index contributed by atoms with van der Waals surface area (Å²) in [4.78, 5) is 0. The summed E-state index contributed by atoms with van der Waals surface area (Å²) >= 11 is 0. The van der Waals surface area contributed by atoms with Crippen LogP contribution in [0.2, 0.25) is 0 Å². The van der Waals surface area contributed by atoms with Crippen LogP contribution >= 0.6 is 0 Å². The standard InChI is InChI=1S/C18H29NO3/c1-6-18(7-2)12-14(19-5)17-15(21-9-4)10-13(20-8-3)11-16(17)22-18/h10-11,14,19H,6-9,12H2,1-5H3. The summed E-state index contributed by atoms with van der Waals surface area (Å²) in [6.07, 6.45) is 2.94. The molecule has 1 aliphatic rings. The van der Waals surface area contributed by atoms with E-state index in [1.54, 1.807) is 0 Å². The average molecular weight is 307 g/mol.